The lowest BCUT2D eigenvalue weighted by Crippen LogP contribution is -2.42. The van der Waals surface area contributed by atoms with Crippen LogP contribution >= 0.6 is 0 Å². The van der Waals surface area contributed by atoms with Crippen LogP contribution in [0.2, 0.25) is 0 Å². The minimum atomic E-state index is -0.753. The Labute approximate surface area is 226 Å². The summed E-state index contributed by atoms with van der Waals surface area (Å²) in [7, 11) is 1.39. The van der Waals surface area contributed by atoms with E-state index < -0.39 is 11.9 Å². The fourth-order valence-electron chi connectivity index (χ4n) is 4.77. The smallest absolute Gasteiger partial charge is 0.245 e. The molecule has 1 atom stereocenters. The molecule has 2 aromatic carbocycles. The van der Waals surface area contributed by atoms with Gasteiger partial charge in [0.15, 0.2) is 23.4 Å². The van der Waals surface area contributed by atoms with Crippen LogP contribution in [-0.4, -0.2) is 36.8 Å². The number of benzene rings is 2. The Balaban J connectivity index is 1.37. The molecule has 39 heavy (non-hydrogen) atoms. The number of aliphatic imine (C=N–C) groups is 1. The maximum absolute atomic E-state index is 13.7. The first-order chi connectivity index (χ1) is 18.9. The number of hydrogen-bond donors (Lipinski definition) is 6. The Morgan fingerprint density at radius 2 is 1.90 bits per heavy atom. The fourth-order valence-corrected chi connectivity index (χ4v) is 4.77. The molecule has 1 unspecified atom stereocenters. The van der Waals surface area contributed by atoms with Crippen molar-refractivity contribution in [1.29, 1.82) is 0 Å². The second-order valence-electron chi connectivity index (χ2n) is 9.70. The standard InChI is InChI=1S/C27H35FN8O3/c1-39-23-14-19(9-12-21(23)28)16-30-26(38)22(13-17-5-3-2-4-6-17)31-27(29)32-24(37)15-18-7-10-20(11-8-18)25-33-35-36-34-25/h7-12,14,17,22,35-36H,2-6,13,15-16H2,1H3,(H,30,38)(H,33,34)(H3,29,31,32,37). The molecule has 0 aromatic heterocycles. The molecule has 0 radical (unpaired) electrons. The Morgan fingerprint density at radius 3 is 2.59 bits per heavy atom. The number of hydrazone groups is 1. The Bertz CT molecular complexity index is 1210. The molecule has 2 amide bonds. The Kier molecular flexibility index (Phi) is 9.68. The third-order valence-corrected chi connectivity index (χ3v) is 6.83. The predicted octanol–water partition coefficient (Wildman–Crippen LogP) is 1.74. The highest BCUT2D eigenvalue weighted by molar-refractivity contribution is 5.99. The van der Waals surface area contributed by atoms with Crippen LogP contribution in [0.3, 0.4) is 0 Å². The molecule has 208 valence electrons. The molecule has 2 aliphatic rings. The number of nitrogens with one attached hydrogen (secondary N) is 5. The Hall–Kier alpha value is -4.19. The van der Waals surface area contributed by atoms with Gasteiger partial charge in [0.2, 0.25) is 11.8 Å². The van der Waals surface area contributed by atoms with Gasteiger partial charge >= 0.3 is 0 Å². The number of rotatable bonds is 10. The van der Waals surface area contributed by atoms with E-state index in [0.29, 0.717) is 23.7 Å². The van der Waals surface area contributed by atoms with Gasteiger partial charge in [-0.15, -0.1) is 10.6 Å². The summed E-state index contributed by atoms with van der Waals surface area (Å²) in [5.41, 5.74) is 16.6. The summed E-state index contributed by atoms with van der Waals surface area (Å²) < 4.78 is 18.8. The van der Waals surface area contributed by atoms with E-state index in [0.717, 1.165) is 36.8 Å². The molecule has 11 nitrogen and oxygen atoms in total. The van der Waals surface area contributed by atoms with Crippen molar-refractivity contribution in [2.75, 3.05) is 7.11 Å². The van der Waals surface area contributed by atoms with Gasteiger partial charge in [0, 0.05) is 12.1 Å². The van der Waals surface area contributed by atoms with E-state index in [1.165, 1.54) is 19.6 Å². The zero-order chi connectivity index (χ0) is 27.6. The van der Waals surface area contributed by atoms with E-state index in [2.05, 4.69) is 37.2 Å². The average molecular weight is 539 g/mol. The summed E-state index contributed by atoms with van der Waals surface area (Å²) in [5, 5.41) is 9.52. The van der Waals surface area contributed by atoms with Gasteiger partial charge < -0.3 is 15.8 Å². The van der Waals surface area contributed by atoms with E-state index >= 15 is 0 Å². The van der Waals surface area contributed by atoms with Gasteiger partial charge in [-0.3, -0.25) is 20.3 Å². The van der Waals surface area contributed by atoms with Crippen LogP contribution in [0.15, 0.2) is 52.6 Å². The number of nitrogens with zero attached hydrogens (tertiary/aromatic N) is 2. The first-order valence-electron chi connectivity index (χ1n) is 13.1. The monoisotopic (exact) mass is 538 g/mol. The van der Waals surface area contributed by atoms with Crippen molar-refractivity contribution in [3.63, 3.8) is 0 Å². The van der Waals surface area contributed by atoms with Crippen LogP contribution in [-0.2, 0) is 22.6 Å². The van der Waals surface area contributed by atoms with Crippen molar-refractivity contribution >= 4 is 23.6 Å². The van der Waals surface area contributed by atoms with E-state index in [4.69, 9.17) is 10.5 Å². The lowest BCUT2D eigenvalue weighted by atomic mass is 9.84. The molecule has 7 N–H and O–H groups in total. The summed E-state index contributed by atoms with van der Waals surface area (Å²) in [6, 6.07) is 11.0. The summed E-state index contributed by atoms with van der Waals surface area (Å²) in [6.45, 7) is 0.183. The normalized spacial score (nSPS) is 16.5. The summed E-state index contributed by atoms with van der Waals surface area (Å²) in [4.78, 5) is 30.2. The average Bonchev–Trinajstić information content (AvgIpc) is 3.48. The number of halogens is 1. The molecule has 0 saturated heterocycles. The van der Waals surface area contributed by atoms with Crippen LogP contribution in [0.1, 0.15) is 55.2 Å². The molecule has 0 spiro atoms. The SMILES string of the molecule is COc1cc(CNC(=O)C(CC2CCCCC2)N=C(N)NC(=O)Cc2ccc(C3=NNNN3)cc2)ccc1F. The number of guanidine groups is 1. The molecule has 1 aliphatic heterocycles. The number of hydrogen-bond acceptors (Lipinski definition) is 8. The fraction of sp³-hybridized carbons (Fsp3) is 0.407. The van der Waals surface area contributed by atoms with Gasteiger partial charge in [-0.05, 0) is 35.6 Å². The molecule has 12 heteroatoms. The van der Waals surface area contributed by atoms with Gasteiger partial charge in [-0.2, -0.15) is 0 Å². The van der Waals surface area contributed by atoms with Crippen molar-refractivity contribution in [3.8, 4) is 5.75 Å². The van der Waals surface area contributed by atoms with Crippen molar-refractivity contribution in [3.05, 3.63) is 65.0 Å². The molecule has 0 bridgehead atoms. The van der Waals surface area contributed by atoms with Crippen LogP contribution in [0.5, 0.6) is 5.75 Å². The maximum Gasteiger partial charge on any atom is 0.245 e. The van der Waals surface area contributed by atoms with Gasteiger partial charge in [-0.25, -0.2) is 14.9 Å². The molecular weight excluding hydrogens is 503 g/mol. The zero-order valence-electron chi connectivity index (χ0n) is 21.9. The lowest BCUT2D eigenvalue weighted by molar-refractivity contribution is -0.123. The molecule has 4 rings (SSSR count). The minimum Gasteiger partial charge on any atom is -0.494 e. The van der Waals surface area contributed by atoms with E-state index in [-0.39, 0.29) is 36.5 Å². The van der Waals surface area contributed by atoms with Gasteiger partial charge in [0.1, 0.15) is 6.04 Å². The maximum atomic E-state index is 13.7. The van der Waals surface area contributed by atoms with Gasteiger partial charge in [0.05, 0.1) is 13.5 Å². The van der Waals surface area contributed by atoms with Crippen LogP contribution < -0.4 is 37.6 Å². The number of amidine groups is 1. The second kappa shape index (κ2) is 13.6. The van der Waals surface area contributed by atoms with Crippen molar-refractivity contribution in [1.82, 2.24) is 27.1 Å². The molecule has 1 aliphatic carbocycles. The first kappa shape index (κ1) is 27.8. The zero-order valence-corrected chi connectivity index (χ0v) is 21.9. The highest BCUT2D eigenvalue weighted by Gasteiger charge is 2.25. The van der Waals surface area contributed by atoms with Crippen LogP contribution in [0.25, 0.3) is 0 Å². The number of methoxy groups -OCH3 is 1. The summed E-state index contributed by atoms with van der Waals surface area (Å²) in [5.74, 6) is -0.0980. The quantitative estimate of drug-likeness (QED) is 0.199. The van der Waals surface area contributed by atoms with Crippen LogP contribution in [0.4, 0.5) is 4.39 Å². The van der Waals surface area contributed by atoms with Gasteiger partial charge in [0.25, 0.3) is 0 Å². The highest BCUT2D eigenvalue weighted by atomic mass is 19.1. The number of carbonyl (C=O) groups is 2. The number of hydrazine groups is 2. The topological polar surface area (TPSA) is 154 Å². The van der Waals surface area contributed by atoms with Crippen molar-refractivity contribution in [2.24, 2.45) is 21.7 Å². The number of carbonyl (C=O) groups excluding carboxylic acids is 2. The third-order valence-electron chi connectivity index (χ3n) is 6.83. The van der Waals surface area contributed by atoms with Gasteiger partial charge in [-0.1, -0.05) is 62.4 Å². The number of ether oxygens (including phenoxy) is 1. The number of amides is 2. The molecule has 1 fully saturated rings. The van der Waals surface area contributed by atoms with E-state index in [1.54, 1.807) is 12.1 Å². The summed E-state index contributed by atoms with van der Waals surface area (Å²) in [6.07, 6.45) is 6.15. The molecule has 1 heterocycles. The van der Waals surface area contributed by atoms with Crippen molar-refractivity contribution < 1.29 is 18.7 Å². The lowest BCUT2D eigenvalue weighted by Gasteiger charge is -2.24. The van der Waals surface area contributed by atoms with Crippen molar-refractivity contribution in [2.45, 2.75) is 57.5 Å². The third kappa shape index (κ3) is 8.14. The van der Waals surface area contributed by atoms with Crippen LogP contribution in [0, 0.1) is 11.7 Å². The highest BCUT2D eigenvalue weighted by Crippen LogP contribution is 2.28. The summed E-state index contributed by atoms with van der Waals surface area (Å²) >= 11 is 0. The number of nitrogens with two attached hydrogens (primary N) is 1. The van der Waals surface area contributed by atoms with E-state index in [9.17, 15) is 14.0 Å². The minimum absolute atomic E-state index is 0.0960. The molecular formula is C27H35FN8O3. The second-order valence-corrected chi connectivity index (χ2v) is 9.70. The molecule has 2 aromatic rings. The Morgan fingerprint density at radius 1 is 1.15 bits per heavy atom. The first-order valence-corrected chi connectivity index (χ1v) is 13.1. The largest absolute Gasteiger partial charge is 0.494 e. The molecule has 1 saturated carbocycles. The van der Waals surface area contributed by atoms with E-state index in [1.807, 2.05) is 24.3 Å². The predicted molar refractivity (Wildman–Crippen MR) is 146 cm³/mol.